The zero-order valence-electron chi connectivity index (χ0n) is 14.4. The van der Waals surface area contributed by atoms with Gasteiger partial charge in [0.15, 0.2) is 0 Å². The van der Waals surface area contributed by atoms with Crippen molar-refractivity contribution in [2.45, 2.75) is 38.8 Å². The quantitative estimate of drug-likeness (QED) is 0.768. The lowest BCUT2D eigenvalue weighted by atomic mass is 10.2. The highest BCUT2D eigenvalue weighted by molar-refractivity contribution is 5.81. The fourth-order valence-electron chi connectivity index (χ4n) is 3.02. The molecule has 3 rings (SSSR count). The van der Waals surface area contributed by atoms with Crippen molar-refractivity contribution in [1.29, 1.82) is 0 Å². The van der Waals surface area contributed by atoms with E-state index in [0.29, 0.717) is 26.2 Å². The van der Waals surface area contributed by atoms with Gasteiger partial charge in [-0.2, -0.15) is 0 Å². The minimum Gasteiger partial charge on any atom is -0.465 e. The first-order valence-electron chi connectivity index (χ1n) is 8.68. The Bertz CT molecular complexity index is 750. The summed E-state index contributed by atoms with van der Waals surface area (Å²) < 4.78 is 12.3. The van der Waals surface area contributed by atoms with Gasteiger partial charge in [0.05, 0.1) is 17.6 Å². The number of nitrogens with one attached hydrogen (secondary N) is 1. The molecular formula is C18H23N3O4. The molecule has 25 heavy (non-hydrogen) atoms. The largest absolute Gasteiger partial charge is 0.465 e. The molecule has 2 heterocycles. The topological polar surface area (TPSA) is 82.5 Å². The maximum absolute atomic E-state index is 12.0. The number of rotatable bonds is 7. The van der Waals surface area contributed by atoms with Crippen molar-refractivity contribution in [2.75, 3.05) is 19.8 Å². The third kappa shape index (κ3) is 4.17. The standard InChI is InChI=1S/C18H23N3O4/c1-2-24-17(22)12-21-14-7-4-3-6-13(14)20-16(21)9-10-19-18(23)15-8-5-11-25-15/h3-4,6-7,15H,2,5,8-12H2,1H3,(H,19,23). The monoisotopic (exact) mass is 345 g/mol. The van der Waals surface area contributed by atoms with E-state index in [-0.39, 0.29) is 24.5 Å². The Morgan fingerprint density at radius 1 is 1.40 bits per heavy atom. The van der Waals surface area contributed by atoms with E-state index in [9.17, 15) is 9.59 Å². The number of carbonyl (C=O) groups excluding carboxylic acids is 2. The molecule has 1 aromatic carbocycles. The van der Waals surface area contributed by atoms with Crippen LogP contribution in [-0.4, -0.2) is 47.3 Å². The number of carbonyl (C=O) groups is 2. The van der Waals surface area contributed by atoms with Gasteiger partial charge in [-0.25, -0.2) is 4.98 Å². The first-order chi connectivity index (χ1) is 12.2. The minimum absolute atomic E-state index is 0.0782. The molecule has 1 saturated heterocycles. The van der Waals surface area contributed by atoms with E-state index in [1.54, 1.807) is 6.92 Å². The highest BCUT2D eigenvalue weighted by Gasteiger charge is 2.23. The molecule has 0 bridgehead atoms. The summed E-state index contributed by atoms with van der Waals surface area (Å²) in [6.07, 6.45) is 1.89. The van der Waals surface area contributed by atoms with Crippen LogP contribution in [0.3, 0.4) is 0 Å². The van der Waals surface area contributed by atoms with Crippen molar-refractivity contribution < 1.29 is 19.1 Å². The van der Waals surface area contributed by atoms with Crippen molar-refractivity contribution >= 4 is 22.9 Å². The molecule has 1 unspecified atom stereocenters. The second-order valence-corrected chi connectivity index (χ2v) is 5.95. The van der Waals surface area contributed by atoms with Gasteiger partial charge in [-0.15, -0.1) is 0 Å². The average Bonchev–Trinajstić information content (AvgIpc) is 3.24. The molecular weight excluding hydrogens is 322 g/mol. The summed E-state index contributed by atoms with van der Waals surface area (Å²) in [5.41, 5.74) is 1.71. The second-order valence-electron chi connectivity index (χ2n) is 5.95. The molecule has 1 fully saturated rings. The van der Waals surface area contributed by atoms with E-state index < -0.39 is 0 Å². The normalized spacial score (nSPS) is 16.9. The van der Waals surface area contributed by atoms with Crippen LogP contribution in [0.25, 0.3) is 11.0 Å². The maximum atomic E-state index is 12.0. The van der Waals surface area contributed by atoms with Gasteiger partial charge in [0.2, 0.25) is 5.91 Å². The highest BCUT2D eigenvalue weighted by Crippen LogP contribution is 2.17. The molecule has 1 amide bonds. The van der Waals surface area contributed by atoms with Gasteiger partial charge in [0, 0.05) is 19.6 Å². The number of imidazole rings is 1. The van der Waals surface area contributed by atoms with Crippen LogP contribution in [-0.2, 0) is 32.0 Å². The van der Waals surface area contributed by atoms with E-state index in [0.717, 1.165) is 29.7 Å². The van der Waals surface area contributed by atoms with Crippen LogP contribution in [0.2, 0.25) is 0 Å². The molecule has 134 valence electrons. The molecule has 0 spiro atoms. The summed E-state index contributed by atoms with van der Waals surface area (Å²) in [6, 6.07) is 7.66. The van der Waals surface area contributed by atoms with Crippen LogP contribution in [0.4, 0.5) is 0 Å². The number of nitrogens with zero attached hydrogens (tertiary/aromatic N) is 2. The second kappa shape index (κ2) is 8.11. The molecule has 7 heteroatoms. The number of esters is 1. The Labute approximate surface area is 146 Å². The molecule has 0 radical (unpaired) electrons. The number of aromatic nitrogens is 2. The number of amides is 1. The average molecular weight is 345 g/mol. The van der Waals surface area contributed by atoms with Crippen molar-refractivity contribution in [1.82, 2.24) is 14.9 Å². The predicted molar refractivity (Wildman–Crippen MR) is 92.1 cm³/mol. The number of hydrogen-bond acceptors (Lipinski definition) is 5. The smallest absolute Gasteiger partial charge is 0.326 e. The van der Waals surface area contributed by atoms with Crippen molar-refractivity contribution in [3.63, 3.8) is 0 Å². The molecule has 0 aliphatic carbocycles. The van der Waals surface area contributed by atoms with Crippen LogP contribution < -0.4 is 5.32 Å². The molecule has 1 aliphatic heterocycles. The van der Waals surface area contributed by atoms with Crippen LogP contribution >= 0.6 is 0 Å². The van der Waals surface area contributed by atoms with Crippen LogP contribution in [0.5, 0.6) is 0 Å². The molecule has 1 N–H and O–H groups in total. The predicted octanol–water partition coefficient (Wildman–Crippen LogP) is 1.44. The maximum Gasteiger partial charge on any atom is 0.326 e. The lowest BCUT2D eigenvalue weighted by Crippen LogP contribution is -2.35. The zero-order valence-corrected chi connectivity index (χ0v) is 14.4. The lowest BCUT2D eigenvalue weighted by molar-refractivity contribution is -0.143. The Hall–Kier alpha value is -2.41. The first kappa shape index (κ1) is 17.4. The van der Waals surface area contributed by atoms with Crippen LogP contribution in [0.15, 0.2) is 24.3 Å². The molecule has 1 aromatic heterocycles. The highest BCUT2D eigenvalue weighted by atomic mass is 16.5. The summed E-state index contributed by atoms with van der Waals surface area (Å²) >= 11 is 0. The Balaban J connectivity index is 1.69. The number of fused-ring (bicyclic) bond motifs is 1. The van der Waals surface area contributed by atoms with E-state index in [1.807, 2.05) is 28.8 Å². The summed E-state index contributed by atoms with van der Waals surface area (Å²) in [7, 11) is 0. The summed E-state index contributed by atoms with van der Waals surface area (Å²) in [5, 5.41) is 2.89. The SMILES string of the molecule is CCOC(=O)Cn1c(CCNC(=O)C2CCCO2)nc2ccccc21. The van der Waals surface area contributed by atoms with Gasteiger partial charge < -0.3 is 19.4 Å². The van der Waals surface area contributed by atoms with E-state index in [4.69, 9.17) is 9.47 Å². The molecule has 2 aromatic rings. The van der Waals surface area contributed by atoms with Gasteiger partial charge >= 0.3 is 5.97 Å². The summed E-state index contributed by atoms with van der Waals surface area (Å²) in [4.78, 5) is 28.5. The van der Waals surface area contributed by atoms with E-state index >= 15 is 0 Å². The van der Waals surface area contributed by atoms with Gasteiger partial charge in [0.1, 0.15) is 18.5 Å². The third-order valence-electron chi connectivity index (χ3n) is 4.20. The summed E-state index contributed by atoms with van der Waals surface area (Å²) in [5.74, 6) is 0.378. The number of ether oxygens (including phenoxy) is 2. The van der Waals surface area contributed by atoms with E-state index in [2.05, 4.69) is 10.3 Å². The van der Waals surface area contributed by atoms with Gasteiger partial charge in [0.25, 0.3) is 0 Å². The Morgan fingerprint density at radius 3 is 3.00 bits per heavy atom. The first-order valence-corrected chi connectivity index (χ1v) is 8.68. The Morgan fingerprint density at radius 2 is 2.24 bits per heavy atom. The van der Waals surface area contributed by atoms with E-state index in [1.165, 1.54) is 0 Å². The number of para-hydroxylation sites is 2. The lowest BCUT2D eigenvalue weighted by Gasteiger charge is -2.11. The van der Waals surface area contributed by atoms with Crippen molar-refractivity contribution in [2.24, 2.45) is 0 Å². The molecule has 1 atom stereocenters. The van der Waals surface area contributed by atoms with Crippen molar-refractivity contribution in [3.05, 3.63) is 30.1 Å². The molecule has 0 saturated carbocycles. The molecule has 1 aliphatic rings. The van der Waals surface area contributed by atoms with Gasteiger partial charge in [-0.3, -0.25) is 9.59 Å². The van der Waals surface area contributed by atoms with Gasteiger partial charge in [-0.05, 0) is 31.9 Å². The van der Waals surface area contributed by atoms with Crippen molar-refractivity contribution in [3.8, 4) is 0 Å². The summed E-state index contributed by atoms with van der Waals surface area (Å²) in [6.45, 7) is 3.34. The fraction of sp³-hybridized carbons (Fsp3) is 0.500. The zero-order chi connectivity index (χ0) is 17.6. The number of hydrogen-bond donors (Lipinski definition) is 1. The Kier molecular flexibility index (Phi) is 5.65. The molecule has 7 nitrogen and oxygen atoms in total. The minimum atomic E-state index is -0.335. The van der Waals surface area contributed by atoms with Gasteiger partial charge in [-0.1, -0.05) is 12.1 Å². The number of benzene rings is 1. The van der Waals surface area contributed by atoms with Crippen LogP contribution in [0, 0.1) is 0 Å². The third-order valence-corrected chi connectivity index (χ3v) is 4.20. The van der Waals surface area contributed by atoms with Crippen LogP contribution in [0.1, 0.15) is 25.6 Å². The fourth-order valence-corrected chi connectivity index (χ4v) is 3.02.